The molecule has 2 nitrogen and oxygen atoms in total. The molecule has 1 aliphatic heterocycles. The van der Waals surface area contributed by atoms with Gasteiger partial charge in [-0.05, 0) is 43.3 Å². The third kappa shape index (κ3) is 1.94. The fourth-order valence-electron chi connectivity index (χ4n) is 4.44. The van der Waals surface area contributed by atoms with Crippen molar-refractivity contribution in [1.82, 2.24) is 4.90 Å². The molecule has 0 N–H and O–H groups in total. The minimum atomic E-state index is 0.451. The van der Waals surface area contributed by atoms with Crippen molar-refractivity contribution in [2.45, 2.75) is 44.4 Å². The van der Waals surface area contributed by atoms with Crippen LogP contribution in [0.1, 0.15) is 33.6 Å². The van der Waals surface area contributed by atoms with Gasteiger partial charge in [-0.25, -0.2) is 0 Å². The number of thioether (sulfide) groups is 1. The Labute approximate surface area is 116 Å². The number of hydrogen-bond acceptors (Lipinski definition) is 3. The highest BCUT2D eigenvalue weighted by molar-refractivity contribution is 8.00. The van der Waals surface area contributed by atoms with Gasteiger partial charge in [0.05, 0.1) is 13.2 Å². The predicted octanol–water partition coefficient (Wildman–Crippen LogP) is 2.87. The summed E-state index contributed by atoms with van der Waals surface area (Å²) in [5.41, 5.74) is 0.609. The van der Waals surface area contributed by atoms with E-state index in [2.05, 4.69) is 43.7 Å². The summed E-state index contributed by atoms with van der Waals surface area (Å²) in [5, 5.41) is 0. The molecular formula is C15H27NOS. The zero-order valence-electron chi connectivity index (χ0n) is 12.2. The molecule has 0 bridgehead atoms. The topological polar surface area (TPSA) is 12.5 Å². The Morgan fingerprint density at radius 2 is 1.78 bits per heavy atom. The molecule has 4 unspecified atom stereocenters. The first-order chi connectivity index (χ1) is 8.49. The maximum Gasteiger partial charge on any atom is 0.0594 e. The Balaban J connectivity index is 1.78. The summed E-state index contributed by atoms with van der Waals surface area (Å²) in [4.78, 5) is 2.71. The van der Waals surface area contributed by atoms with Crippen LogP contribution in [0, 0.1) is 17.3 Å². The van der Waals surface area contributed by atoms with E-state index in [0.29, 0.717) is 10.2 Å². The first-order valence-electron chi connectivity index (χ1n) is 7.36. The maximum absolute atomic E-state index is 5.52. The van der Waals surface area contributed by atoms with Crippen LogP contribution in [0.5, 0.6) is 0 Å². The first kappa shape index (κ1) is 13.3. The summed E-state index contributed by atoms with van der Waals surface area (Å²) in [7, 11) is 0. The van der Waals surface area contributed by atoms with Gasteiger partial charge in [-0.2, -0.15) is 11.8 Å². The van der Waals surface area contributed by atoms with Crippen LogP contribution in [0.25, 0.3) is 0 Å². The SMILES string of the molecule is CSC1(C)CC2C(CC1N1CCOCC1)C2(C)C. The van der Waals surface area contributed by atoms with Crippen LogP contribution in [0.3, 0.4) is 0 Å². The molecular weight excluding hydrogens is 242 g/mol. The molecule has 3 aliphatic rings. The van der Waals surface area contributed by atoms with Crippen LogP contribution in [0.4, 0.5) is 0 Å². The molecule has 3 rings (SSSR count). The minimum Gasteiger partial charge on any atom is -0.379 e. The van der Waals surface area contributed by atoms with Crippen LogP contribution in [-0.2, 0) is 4.74 Å². The van der Waals surface area contributed by atoms with Crippen molar-refractivity contribution in [3.05, 3.63) is 0 Å². The molecule has 3 heteroatoms. The van der Waals surface area contributed by atoms with Gasteiger partial charge in [-0.1, -0.05) is 13.8 Å². The fourth-order valence-corrected chi connectivity index (χ4v) is 5.30. The highest BCUT2D eigenvalue weighted by atomic mass is 32.2. The van der Waals surface area contributed by atoms with Crippen molar-refractivity contribution >= 4 is 11.8 Å². The predicted molar refractivity (Wildman–Crippen MR) is 78.1 cm³/mol. The molecule has 0 spiro atoms. The summed E-state index contributed by atoms with van der Waals surface area (Å²) >= 11 is 2.10. The van der Waals surface area contributed by atoms with Crippen LogP contribution in [0.15, 0.2) is 0 Å². The number of rotatable bonds is 2. The van der Waals surface area contributed by atoms with Gasteiger partial charge < -0.3 is 4.74 Å². The van der Waals surface area contributed by atoms with Crippen molar-refractivity contribution in [1.29, 1.82) is 0 Å². The molecule has 0 amide bonds. The van der Waals surface area contributed by atoms with Crippen molar-refractivity contribution in [3.8, 4) is 0 Å². The summed E-state index contributed by atoms with van der Waals surface area (Å²) in [6.45, 7) is 11.6. The van der Waals surface area contributed by atoms with Gasteiger partial charge in [0.2, 0.25) is 0 Å². The van der Waals surface area contributed by atoms with E-state index >= 15 is 0 Å². The Morgan fingerprint density at radius 1 is 1.11 bits per heavy atom. The van der Waals surface area contributed by atoms with E-state index < -0.39 is 0 Å². The van der Waals surface area contributed by atoms with Gasteiger partial charge in [0, 0.05) is 23.9 Å². The molecule has 2 saturated carbocycles. The molecule has 0 aromatic rings. The second-order valence-corrected chi connectivity index (χ2v) is 8.50. The monoisotopic (exact) mass is 269 g/mol. The van der Waals surface area contributed by atoms with Crippen molar-refractivity contribution in [2.24, 2.45) is 17.3 Å². The van der Waals surface area contributed by atoms with Crippen LogP contribution in [-0.4, -0.2) is 48.2 Å². The van der Waals surface area contributed by atoms with Crippen molar-refractivity contribution in [2.75, 3.05) is 32.6 Å². The quantitative estimate of drug-likeness (QED) is 0.765. The second-order valence-electron chi connectivity index (χ2n) is 7.16. The zero-order valence-corrected chi connectivity index (χ0v) is 13.1. The molecule has 4 atom stereocenters. The lowest BCUT2D eigenvalue weighted by atomic mass is 9.83. The van der Waals surface area contributed by atoms with E-state index in [-0.39, 0.29) is 0 Å². The first-order valence-corrected chi connectivity index (χ1v) is 8.58. The third-order valence-electron chi connectivity index (χ3n) is 6.05. The standard InChI is InChI=1S/C15H27NOS/c1-14(2)11-9-13(16-5-7-17-8-6-16)15(3,18-4)10-12(11)14/h11-13H,5-10H2,1-4H3. The molecule has 104 valence electrons. The lowest BCUT2D eigenvalue weighted by molar-refractivity contribution is -0.000238. The molecule has 0 radical (unpaired) electrons. The van der Waals surface area contributed by atoms with E-state index in [0.717, 1.165) is 44.2 Å². The van der Waals surface area contributed by atoms with E-state index in [1.54, 1.807) is 0 Å². The number of ether oxygens (including phenoxy) is 1. The molecule has 1 saturated heterocycles. The molecule has 0 aromatic heterocycles. The van der Waals surface area contributed by atoms with Crippen LogP contribution >= 0.6 is 11.8 Å². The lowest BCUT2D eigenvalue weighted by Crippen LogP contribution is -2.54. The second kappa shape index (κ2) is 4.39. The number of nitrogens with zero attached hydrogens (tertiary/aromatic N) is 1. The summed E-state index contributed by atoms with van der Waals surface area (Å²) in [5.74, 6) is 1.96. The molecule has 1 heterocycles. The maximum atomic E-state index is 5.52. The average Bonchev–Trinajstić information content (AvgIpc) is 2.90. The van der Waals surface area contributed by atoms with E-state index in [9.17, 15) is 0 Å². The van der Waals surface area contributed by atoms with E-state index in [4.69, 9.17) is 4.74 Å². The van der Waals surface area contributed by atoms with Gasteiger partial charge in [-0.3, -0.25) is 4.90 Å². The average molecular weight is 269 g/mol. The summed E-state index contributed by atoms with van der Waals surface area (Å²) in [6, 6.07) is 0.763. The Kier molecular flexibility index (Phi) is 3.23. The third-order valence-corrected chi connectivity index (χ3v) is 7.42. The molecule has 3 fully saturated rings. The Morgan fingerprint density at radius 3 is 2.39 bits per heavy atom. The normalized spacial score (nSPS) is 47.7. The largest absolute Gasteiger partial charge is 0.379 e. The van der Waals surface area contributed by atoms with Gasteiger partial charge in [0.1, 0.15) is 0 Å². The Hall–Kier alpha value is 0.270. The summed E-state index contributed by atoms with van der Waals surface area (Å²) in [6.07, 6.45) is 5.13. The van der Waals surface area contributed by atoms with E-state index in [1.807, 2.05) is 0 Å². The molecule has 2 aliphatic carbocycles. The van der Waals surface area contributed by atoms with E-state index in [1.165, 1.54) is 12.8 Å². The highest BCUT2D eigenvalue weighted by Gasteiger charge is 2.64. The van der Waals surface area contributed by atoms with Crippen LogP contribution < -0.4 is 0 Å². The Bertz CT molecular complexity index is 326. The van der Waals surface area contributed by atoms with Gasteiger partial charge in [0.15, 0.2) is 0 Å². The molecule has 18 heavy (non-hydrogen) atoms. The van der Waals surface area contributed by atoms with Gasteiger partial charge in [-0.15, -0.1) is 0 Å². The number of fused-ring (bicyclic) bond motifs is 1. The lowest BCUT2D eigenvalue weighted by Gasteiger charge is -2.47. The number of morpholine rings is 1. The smallest absolute Gasteiger partial charge is 0.0594 e. The fraction of sp³-hybridized carbons (Fsp3) is 1.00. The highest BCUT2D eigenvalue weighted by Crippen LogP contribution is 2.68. The van der Waals surface area contributed by atoms with Crippen molar-refractivity contribution in [3.63, 3.8) is 0 Å². The van der Waals surface area contributed by atoms with Gasteiger partial charge in [0.25, 0.3) is 0 Å². The van der Waals surface area contributed by atoms with Crippen LogP contribution in [0.2, 0.25) is 0 Å². The summed E-state index contributed by atoms with van der Waals surface area (Å²) < 4.78 is 5.97. The van der Waals surface area contributed by atoms with Gasteiger partial charge >= 0.3 is 0 Å². The van der Waals surface area contributed by atoms with Crippen molar-refractivity contribution < 1.29 is 4.74 Å². The minimum absolute atomic E-state index is 0.451. The molecule has 0 aromatic carbocycles. The number of hydrogen-bond donors (Lipinski definition) is 0. The zero-order chi connectivity index (χ0) is 13.0.